The molecule has 0 saturated carbocycles. The van der Waals surface area contributed by atoms with Crippen LogP contribution in [0.25, 0.3) is 11.4 Å². The largest absolute Gasteiger partial charge is 0.456 e. The molecule has 9 nitrogen and oxygen atoms in total. The number of rotatable bonds is 4. The van der Waals surface area contributed by atoms with Crippen molar-refractivity contribution in [2.75, 3.05) is 36.5 Å². The van der Waals surface area contributed by atoms with E-state index in [0.717, 1.165) is 16.9 Å². The van der Waals surface area contributed by atoms with Crippen LogP contribution in [0.2, 0.25) is 0 Å². The molecule has 1 fully saturated rings. The van der Waals surface area contributed by atoms with E-state index >= 15 is 0 Å². The third kappa shape index (κ3) is 3.86. The first-order chi connectivity index (χ1) is 14.1. The minimum atomic E-state index is -0.430. The van der Waals surface area contributed by atoms with Crippen LogP contribution in [-0.2, 0) is 16.1 Å². The molecule has 0 aliphatic carbocycles. The van der Waals surface area contributed by atoms with E-state index in [1.807, 2.05) is 19.1 Å². The van der Waals surface area contributed by atoms with Crippen LogP contribution in [0.5, 0.6) is 0 Å². The van der Waals surface area contributed by atoms with Gasteiger partial charge in [0, 0.05) is 24.3 Å². The molecule has 0 unspecified atom stereocenters. The Morgan fingerprint density at radius 1 is 1.28 bits per heavy atom. The van der Waals surface area contributed by atoms with Crippen LogP contribution in [-0.4, -0.2) is 54.3 Å². The van der Waals surface area contributed by atoms with Crippen molar-refractivity contribution in [2.24, 2.45) is 0 Å². The monoisotopic (exact) mass is 397 g/mol. The molecule has 29 heavy (non-hydrogen) atoms. The third-order valence-corrected chi connectivity index (χ3v) is 4.90. The average molecular weight is 397 g/mol. The average Bonchev–Trinajstić information content (AvgIpc) is 3.09. The van der Waals surface area contributed by atoms with Gasteiger partial charge in [-0.1, -0.05) is 0 Å². The van der Waals surface area contributed by atoms with Gasteiger partial charge in [-0.3, -0.25) is 0 Å². The maximum Gasteiger partial charge on any atom is 0.357 e. The van der Waals surface area contributed by atoms with Crippen molar-refractivity contribution in [3.63, 3.8) is 0 Å². The first-order valence-electron chi connectivity index (χ1n) is 9.64. The Hall–Kier alpha value is -3.20. The lowest BCUT2D eigenvalue weighted by Crippen LogP contribution is -2.44. The van der Waals surface area contributed by atoms with Gasteiger partial charge in [-0.05, 0) is 38.1 Å². The van der Waals surface area contributed by atoms with E-state index in [1.165, 1.54) is 0 Å². The minimum absolute atomic E-state index is 0.134. The zero-order valence-corrected chi connectivity index (χ0v) is 16.4. The summed E-state index contributed by atoms with van der Waals surface area (Å²) in [5.74, 6) is 0.734. The van der Waals surface area contributed by atoms with E-state index < -0.39 is 5.97 Å². The molecule has 152 valence electrons. The van der Waals surface area contributed by atoms with Crippen LogP contribution < -0.4 is 15.5 Å². The molecule has 1 saturated heterocycles. The summed E-state index contributed by atoms with van der Waals surface area (Å²) in [4.78, 5) is 35.2. The summed E-state index contributed by atoms with van der Waals surface area (Å²) < 4.78 is 10.7. The van der Waals surface area contributed by atoms with Crippen molar-refractivity contribution >= 4 is 23.5 Å². The highest BCUT2D eigenvalue weighted by atomic mass is 16.5. The van der Waals surface area contributed by atoms with Gasteiger partial charge in [-0.25, -0.2) is 19.6 Å². The fourth-order valence-electron chi connectivity index (χ4n) is 3.43. The van der Waals surface area contributed by atoms with Gasteiger partial charge < -0.3 is 25.0 Å². The highest BCUT2D eigenvalue weighted by Crippen LogP contribution is 2.32. The number of hydrogen-bond donors (Lipinski definition) is 2. The second kappa shape index (κ2) is 8.04. The van der Waals surface area contributed by atoms with E-state index in [1.54, 1.807) is 12.1 Å². The smallest absolute Gasteiger partial charge is 0.357 e. The molecule has 0 spiro atoms. The molecule has 2 amide bonds. The summed E-state index contributed by atoms with van der Waals surface area (Å²) in [6.45, 7) is 6.54. The summed E-state index contributed by atoms with van der Waals surface area (Å²) in [6, 6.07) is 7.05. The van der Waals surface area contributed by atoms with E-state index in [0.29, 0.717) is 43.5 Å². The minimum Gasteiger partial charge on any atom is -0.456 e. The number of urea groups is 1. The summed E-state index contributed by atoms with van der Waals surface area (Å²) in [6.07, 6.45) is 0. The summed E-state index contributed by atoms with van der Waals surface area (Å²) in [5.41, 5.74) is 2.44. The van der Waals surface area contributed by atoms with Crippen LogP contribution in [0.1, 0.15) is 29.9 Å². The van der Waals surface area contributed by atoms with Crippen LogP contribution in [0, 0.1) is 0 Å². The van der Waals surface area contributed by atoms with Crippen molar-refractivity contribution in [2.45, 2.75) is 26.5 Å². The fraction of sp³-hybridized carbons (Fsp3) is 0.400. The standard InChI is InChI=1S/C20H23N5O4/c1-3-21-20(27)22-14-6-4-13(5-7-14)17-23-16-15(11-29-19(16)26)18(24-17)25-8-9-28-10-12(25)2/h4-7,12H,3,8-11H2,1-2H3,(H2,21,22,27)/t12-/m0/s1. The molecule has 1 aromatic heterocycles. The maximum absolute atomic E-state index is 12.2. The number of carbonyl (C=O) groups excluding carboxylic acids is 2. The number of carbonyl (C=O) groups is 2. The number of aromatic nitrogens is 2. The number of hydrogen-bond acceptors (Lipinski definition) is 7. The number of morpholine rings is 1. The molecule has 1 aromatic carbocycles. The highest BCUT2D eigenvalue weighted by Gasteiger charge is 2.32. The molecule has 0 bridgehead atoms. The lowest BCUT2D eigenvalue weighted by Gasteiger charge is -2.35. The maximum atomic E-state index is 12.2. The predicted octanol–water partition coefficient (Wildman–Crippen LogP) is 2.18. The summed E-state index contributed by atoms with van der Waals surface area (Å²) in [7, 11) is 0. The number of esters is 1. The number of fused-ring (bicyclic) bond motifs is 1. The van der Waals surface area contributed by atoms with Gasteiger partial charge in [0.1, 0.15) is 12.4 Å². The number of amides is 2. The van der Waals surface area contributed by atoms with Crippen LogP contribution in [0.3, 0.4) is 0 Å². The number of ether oxygens (including phenoxy) is 2. The Bertz CT molecular complexity index is 931. The molecule has 4 rings (SSSR count). The molecule has 1 atom stereocenters. The van der Waals surface area contributed by atoms with Gasteiger partial charge in [0.05, 0.1) is 24.8 Å². The molecule has 2 N–H and O–H groups in total. The van der Waals surface area contributed by atoms with Gasteiger partial charge in [0.2, 0.25) is 0 Å². The van der Waals surface area contributed by atoms with E-state index in [4.69, 9.17) is 14.5 Å². The topological polar surface area (TPSA) is 106 Å². The second-order valence-electron chi connectivity index (χ2n) is 6.95. The Balaban J connectivity index is 1.67. The van der Waals surface area contributed by atoms with Crippen molar-refractivity contribution in [1.29, 1.82) is 0 Å². The lowest BCUT2D eigenvalue weighted by atomic mass is 10.1. The number of cyclic esters (lactones) is 1. The zero-order chi connectivity index (χ0) is 20.4. The van der Waals surface area contributed by atoms with E-state index in [9.17, 15) is 9.59 Å². The van der Waals surface area contributed by atoms with Gasteiger partial charge in [-0.15, -0.1) is 0 Å². The van der Waals surface area contributed by atoms with Crippen molar-refractivity contribution in [1.82, 2.24) is 15.3 Å². The van der Waals surface area contributed by atoms with Crippen LogP contribution in [0.4, 0.5) is 16.3 Å². The normalized spacial score (nSPS) is 18.2. The summed E-state index contributed by atoms with van der Waals surface area (Å²) >= 11 is 0. The molecular weight excluding hydrogens is 374 g/mol. The molecule has 9 heteroatoms. The molecule has 2 aromatic rings. The van der Waals surface area contributed by atoms with Gasteiger partial charge >= 0.3 is 12.0 Å². The highest BCUT2D eigenvalue weighted by molar-refractivity contribution is 5.93. The quantitative estimate of drug-likeness (QED) is 0.762. The number of benzene rings is 1. The van der Waals surface area contributed by atoms with E-state index in [2.05, 4.69) is 27.4 Å². The number of nitrogens with one attached hydrogen (secondary N) is 2. The van der Waals surface area contributed by atoms with Gasteiger partial charge in [-0.2, -0.15) is 0 Å². The van der Waals surface area contributed by atoms with Crippen molar-refractivity contribution < 1.29 is 19.1 Å². The Morgan fingerprint density at radius 2 is 2.07 bits per heavy atom. The SMILES string of the molecule is CCNC(=O)Nc1ccc(-c2nc3c(c(N4CCOC[C@@H]4C)n2)COC3=O)cc1. The van der Waals surface area contributed by atoms with Crippen LogP contribution >= 0.6 is 0 Å². The number of nitrogens with zero attached hydrogens (tertiary/aromatic N) is 3. The zero-order valence-electron chi connectivity index (χ0n) is 16.4. The second-order valence-corrected chi connectivity index (χ2v) is 6.95. The van der Waals surface area contributed by atoms with Crippen LogP contribution in [0.15, 0.2) is 24.3 Å². The Labute approximate surface area is 168 Å². The molecule has 3 heterocycles. The van der Waals surface area contributed by atoms with E-state index in [-0.39, 0.29) is 18.7 Å². The molecule has 2 aliphatic rings. The molecular formula is C20H23N5O4. The first kappa shape index (κ1) is 19.1. The Morgan fingerprint density at radius 3 is 2.79 bits per heavy atom. The third-order valence-electron chi connectivity index (χ3n) is 4.90. The fourth-order valence-corrected chi connectivity index (χ4v) is 3.43. The molecule has 2 aliphatic heterocycles. The predicted molar refractivity (Wildman–Crippen MR) is 107 cm³/mol. The van der Waals surface area contributed by atoms with Gasteiger partial charge in [0.25, 0.3) is 0 Å². The van der Waals surface area contributed by atoms with Crippen molar-refractivity contribution in [3.05, 3.63) is 35.5 Å². The van der Waals surface area contributed by atoms with Crippen molar-refractivity contribution in [3.8, 4) is 11.4 Å². The number of anilines is 2. The molecule has 0 radical (unpaired) electrons. The van der Waals surface area contributed by atoms with Gasteiger partial charge in [0.15, 0.2) is 11.5 Å². The Kier molecular flexibility index (Phi) is 5.30. The lowest BCUT2D eigenvalue weighted by molar-refractivity contribution is 0.0530. The summed E-state index contributed by atoms with van der Waals surface area (Å²) in [5, 5.41) is 5.43. The first-order valence-corrected chi connectivity index (χ1v) is 9.64.